The monoisotopic (exact) mass is 260 g/mol. The third kappa shape index (κ3) is 2.69. The van der Waals surface area contributed by atoms with Gasteiger partial charge in [-0.3, -0.25) is 9.78 Å². The highest BCUT2D eigenvalue weighted by Crippen LogP contribution is 2.35. The number of ketones is 1. The Kier molecular flexibility index (Phi) is 4.11. The number of nitrogens with two attached hydrogens (primary N) is 1. The van der Waals surface area contributed by atoms with Crippen molar-refractivity contribution in [1.82, 2.24) is 4.98 Å². The molecule has 6 heteroatoms. The first-order valence-electron chi connectivity index (χ1n) is 5.52. The largest absolute Gasteiger partial charge is 0.417 e. The standard InChI is InChI=1S/C12H15F3N2O/c1-3-11(2,7-16)10(18)8-6-17-5-4-9(8)12(13,14)15/h4-6H,3,7,16H2,1-2H3. The van der Waals surface area contributed by atoms with E-state index in [1.165, 1.54) is 0 Å². The van der Waals surface area contributed by atoms with E-state index in [9.17, 15) is 18.0 Å². The summed E-state index contributed by atoms with van der Waals surface area (Å²) in [5.74, 6) is -0.618. The number of aromatic nitrogens is 1. The summed E-state index contributed by atoms with van der Waals surface area (Å²) >= 11 is 0. The number of hydrogen-bond donors (Lipinski definition) is 1. The van der Waals surface area contributed by atoms with Crippen molar-refractivity contribution in [2.45, 2.75) is 26.4 Å². The van der Waals surface area contributed by atoms with Crippen molar-refractivity contribution < 1.29 is 18.0 Å². The zero-order valence-electron chi connectivity index (χ0n) is 10.2. The van der Waals surface area contributed by atoms with Gasteiger partial charge in [-0.05, 0) is 12.5 Å². The van der Waals surface area contributed by atoms with Crippen LogP contribution in [0.15, 0.2) is 18.5 Å². The lowest BCUT2D eigenvalue weighted by atomic mass is 9.79. The van der Waals surface area contributed by atoms with Crippen molar-refractivity contribution in [1.29, 1.82) is 0 Å². The maximum absolute atomic E-state index is 12.8. The SMILES string of the molecule is CCC(C)(CN)C(=O)c1cnccc1C(F)(F)F. The van der Waals surface area contributed by atoms with Crippen molar-refractivity contribution in [3.8, 4) is 0 Å². The van der Waals surface area contributed by atoms with Gasteiger partial charge in [-0.25, -0.2) is 0 Å². The van der Waals surface area contributed by atoms with Crippen LogP contribution in [0, 0.1) is 5.41 Å². The van der Waals surface area contributed by atoms with Crippen LogP contribution in [-0.2, 0) is 6.18 Å². The van der Waals surface area contributed by atoms with Crippen molar-refractivity contribution in [2.24, 2.45) is 11.1 Å². The lowest BCUT2D eigenvalue weighted by Gasteiger charge is -2.25. The first-order valence-corrected chi connectivity index (χ1v) is 5.52. The van der Waals surface area contributed by atoms with Gasteiger partial charge in [0.1, 0.15) is 0 Å². The minimum Gasteiger partial charge on any atom is -0.329 e. The van der Waals surface area contributed by atoms with Crippen LogP contribution in [-0.4, -0.2) is 17.3 Å². The van der Waals surface area contributed by atoms with Crippen LogP contribution in [0.5, 0.6) is 0 Å². The van der Waals surface area contributed by atoms with E-state index in [0.717, 1.165) is 18.5 Å². The fourth-order valence-electron chi connectivity index (χ4n) is 1.55. The molecule has 0 aromatic carbocycles. The molecule has 1 atom stereocenters. The molecule has 2 N–H and O–H groups in total. The third-order valence-corrected chi connectivity index (χ3v) is 3.15. The number of hydrogen-bond acceptors (Lipinski definition) is 3. The van der Waals surface area contributed by atoms with Gasteiger partial charge in [-0.2, -0.15) is 13.2 Å². The third-order valence-electron chi connectivity index (χ3n) is 3.15. The molecular weight excluding hydrogens is 245 g/mol. The molecule has 0 aliphatic rings. The fraction of sp³-hybridized carbons (Fsp3) is 0.500. The van der Waals surface area contributed by atoms with Gasteiger partial charge >= 0.3 is 6.18 Å². The van der Waals surface area contributed by atoms with E-state index < -0.39 is 28.5 Å². The summed E-state index contributed by atoms with van der Waals surface area (Å²) in [4.78, 5) is 15.8. The van der Waals surface area contributed by atoms with E-state index in [4.69, 9.17) is 5.73 Å². The molecule has 1 rings (SSSR count). The summed E-state index contributed by atoms with van der Waals surface area (Å²) < 4.78 is 38.4. The molecule has 100 valence electrons. The van der Waals surface area contributed by atoms with Gasteiger partial charge in [-0.15, -0.1) is 0 Å². The predicted octanol–water partition coefficient (Wildman–Crippen LogP) is 2.66. The summed E-state index contributed by atoms with van der Waals surface area (Å²) in [6.07, 6.45) is -2.23. The number of halogens is 3. The second kappa shape index (κ2) is 5.06. The highest BCUT2D eigenvalue weighted by Gasteiger charge is 2.39. The minimum absolute atomic E-state index is 0.00543. The highest BCUT2D eigenvalue weighted by molar-refractivity contribution is 6.01. The van der Waals surface area contributed by atoms with E-state index in [-0.39, 0.29) is 6.54 Å². The van der Waals surface area contributed by atoms with Crippen LogP contribution in [0.1, 0.15) is 36.2 Å². The van der Waals surface area contributed by atoms with Crippen LogP contribution in [0.25, 0.3) is 0 Å². The first-order chi connectivity index (χ1) is 8.26. The summed E-state index contributed by atoms with van der Waals surface area (Å²) in [5, 5.41) is 0. The number of carbonyl (C=O) groups is 1. The average Bonchev–Trinajstić information content (AvgIpc) is 2.36. The normalized spacial score (nSPS) is 15.2. The number of carbonyl (C=O) groups excluding carboxylic acids is 1. The van der Waals surface area contributed by atoms with Crippen molar-refractivity contribution >= 4 is 5.78 Å². The Morgan fingerprint density at radius 2 is 2.06 bits per heavy atom. The average molecular weight is 260 g/mol. The number of pyridine rings is 1. The van der Waals surface area contributed by atoms with Crippen molar-refractivity contribution in [3.63, 3.8) is 0 Å². The predicted molar refractivity (Wildman–Crippen MR) is 61.0 cm³/mol. The Balaban J connectivity index is 3.30. The molecule has 1 heterocycles. The molecule has 0 radical (unpaired) electrons. The van der Waals surface area contributed by atoms with Gasteiger partial charge in [0.15, 0.2) is 5.78 Å². The molecule has 18 heavy (non-hydrogen) atoms. The first kappa shape index (κ1) is 14.6. The van der Waals surface area contributed by atoms with Gasteiger partial charge in [0.25, 0.3) is 0 Å². The Labute approximate surface area is 103 Å². The van der Waals surface area contributed by atoms with Gasteiger partial charge in [0.2, 0.25) is 0 Å². The molecule has 1 aromatic rings. The molecule has 3 nitrogen and oxygen atoms in total. The molecule has 0 saturated heterocycles. The number of alkyl halides is 3. The zero-order chi connectivity index (χ0) is 14.0. The Bertz CT molecular complexity index is 439. The molecule has 1 aromatic heterocycles. The molecule has 0 aliphatic heterocycles. The smallest absolute Gasteiger partial charge is 0.329 e. The van der Waals surface area contributed by atoms with Crippen LogP contribution in [0.2, 0.25) is 0 Å². The second-order valence-electron chi connectivity index (χ2n) is 4.37. The summed E-state index contributed by atoms with van der Waals surface area (Å²) in [6.45, 7) is 3.27. The maximum Gasteiger partial charge on any atom is 0.417 e. The van der Waals surface area contributed by atoms with E-state index >= 15 is 0 Å². The lowest BCUT2D eigenvalue weighted by Crippen LogP contribution is -2.36. The highest BCUT2D eigenvalue weighted by atomic mass is 19.4. The molecule has 0 amide bonds. The Hall–Kier alpha value is -1.43. The van der Waals surface area contributed by atoms with Gasteiger partial charge in [-0.1, -0.05) is 13.8 Å². The topological polar surface area (TPSA) is 56.0 Å². The van der Waals surface area contributed by atoms with Crippen LogP contribution < -0.4 is 5.73 Å². The van der Waals surface area contributed by atoms with E-state index in [1.807, 2.05) is 0 Å². The Morgan fingerprint density at radius 3 is 2.50 bits per heavy atom. The summed E-state index contributed by atoms with van der Waals surface area (Å²) in [5.41, 5.74) is 3.12. The molecule has 0 spiro atoms. The lowest BCUT2D eigenvalue weighted by molar-refractivity contribution is -0.138. The van der Waals surface area contributed by atoms with E-state index in [2.05, 4.69) is 4.98 Å². The maximum atomic E-state index is 12.8. The zero-order valence-corrected chi connectivity index (χ0v) is 10.2. The number of rotatable bonds is 4. The molecule has 0 aliphatic carbocycles. The molecule has 0 saturated carbocycles. The number of nitrogens with zero attached hydrogens (tertiary/aromatic N) is 1. The molecular formula is C12H15F3N2O. The molecule has 1 unspecified atom stereocenters. The minimum atomic E-state index is -4.57. The van der Waals surface area contributed by atoms with Gasteiger partial charge in [0.05, 0.1) is 5.56 Å². The Morgan fingerprint density at radius 1 is 1.44 bits per heavy atom. The second-order valence-corrected chi connectivity index (χ2v) is 4.37. The summed E-state index contributed by atoms with van der Waals surface area (Å²) in [6, 6.07) is 0.805. The van der Waals surface area contributed by atoms with Gasteiger partial charge < -0.3 is 5.73 Å². The van der Waals surface area contributed by atoms with Crippen molar-refractivity contribution in [3.05, 3.63) is 29.6 Å². The number of Topliss-reactive ketones (excluding diaryl/α,β-unsaturated/α-hetero) is 1. The quantitative estimate of drug-likeness (QED) is 0.847. The van der Waals surface area contributed by atoms with E-state index in [0.29, 0.717) is 6.42 Å². The van der Waals surface area contributed by atoms with Crippen molar-refractivity contribution in [2.75, 3.05) is 6.54 Å². The van der Waals surface area contributed by atoms with E-state index in [1.54, 1.807) is 13.8 Å². The summed E-state index contributed by atoms with van der Waals surface area (Å²) in [7, 11) is 0. The van der Waals surface area contributed by atoms with Crippen LogP contribution in [0.4, 0.5) is 13.2 Å². The molecule has 0 fully saturated rings. The van der Waals surface area contributed by atoms with Crippen LogP contribution in [0.3, 0.4) is 0 Å². The van der Waals surface area contributed by atoms with Crippen LogP contribution >= 0.6 is 0 Å². The van der Waals surface area contributed by atoms with Gasteiger partial charge in [0, 0.05) is 29.9 Å². The fourth-order valence-corrected chi connectivity index (χ4v) is 1.55. The molecule has 0 bridgehead atoms.